The molecule has 2 aromatic rings. The lowest BCUT2D eigenvalue weighted by atomic mass is 9.75. The molecule has 122 valence electrons. The van der Waals surface area contributed by atoms with E-state index in [2.05, 4.69) is 34.2 Å². The Morgan fingerprint density at radius 1 is 1.13 bits per heavy atom. The molecule has 4 nitrogen and oxygen atoms in total. The van der Waals surface area contributed by atoms with Crippen LogP contribution < -0.4 is 10.3 Å². The van der Waals surface area contributed by atoms with E-state index in [1.54, 1.807) is 0 Å². The van der Waals surface area contributed by atoms with Crippen molar-refractivity contribution in [1.82, 2.24) is 9.97 Å². The highest BCUT2D eigenvalue weighted by atomic mass is 32.1. The van der Waals surface area contributed by atoms with Gasteiger partial charge in [-0.1, -0.05) is 38.1 Å². The van der Waals surface area contributed by atoms with E-state index in [1.807, 2.05) is 13.8 Å². The van der Waals surface area contributed by atoms with Crippen molar-refractivity contribution in [3.05, 3.63) is 56.1 Å². The van der Waals surface area contributed by atoms with Gasteiger partial charge in [-0.15, -0.1) is 0 Å². The molecular formula is C18H22N2O2S. The number of aromatic nitrogens is 2. The number of aryl methyl sites for hydroxylation is 1. The second-order valence-electron chi connectivity index (χ2n) is 5.82. The zero-order chi connectivity index (χ0) is 16.4. The topological polar surface area (TPSA) is 57.9 Å². The summed E-state index contributed by atoms with van der Waals surface area (Å²) in [6.45, 7) is 4.00. The lowest BCUT2D eigenvalue weighted by molar-refractivity contribution is 0.0194. The van der Waals surface area contributed by atoms with E-state index in [0.717, 1.165) is 25.7 Å². The van der Waals surface area contributed by atoms with E-state index in [-0.39, 0.29) is 11.2 Å². The van der Waals surface area contributed by atoms with Crippen LogP contribution >= 0.6 is 12.2 Å². The lowest BCUT2D eigenvalue weighted by Crippen LogP contribution is -2.41. The van der Waals surface area contributed by atoms with E-state index in [4.69, 9.17) is 17.0 Å². The van der Waals surface area contributed by atoms with Gasteiger partial charge in [-0.25, -0.2) is 0 Å². The van der Waals surface area contributed by atoms with Crippen molar-refractivity contribution in [1.29, 1.82) is 0 Å². The fourth-order valence-corrected chi connectivity index (χ4v) is 3.81. The zero-order valence-electron chi connectivity index (χ0n) is 13.6. The summed E-state index contributed by atoms with van der Waals surface area (Å²) in [5.74, 6) is 0.548. The molecule has 4 rings (SSSR count). The third kappa shape index (κ3) is 2.74. The van der Waals surface area contributed by atoms with Crippen LogP contribution in [-0.4, -0.2) is 9.97 Å². The maximum absolute atomic E-state index is 12.0. The number of nitrogens with one attached hydrogen (secondary N) is 2. The van der Waals surface area contributed by atoms with Crippen molar-refractivity contribution in [3.8, 4) is 5.88 Å². The molecule has 2 aliphatic rings. The molecule has 0 saturated carbocycles. The molecule has 2 N–H and O–H groups in total. The first-order valence-electron chi connectivity index (χ1n) is 8.31. The predicted octanol–water partition coefficient (Wildman–Crippen LogP) is 4.02. The summed E-state index contributed by atoms with van der Waals surface area (Å²) in [6, 6.07) is 8.47. The maximum Gasteiger partial charge on any atom is 0.258 e. The Morgan fingerprint density at radius 2 is 1.91 bits per heavy atom. The minimum absolute atomic E-state index is 0.132. The normalized spacial score (nSPS) is 21.5. The Kier molecular flexibility index (Phi) is 4.39. The van der Waals surface area contributed by atoms with Gasteiger partial charge in [0.1, 0.15) is 5.60 Å². The van der Waals surface area contributed by atoms with Crippen molar-refractivity contribution in [3.63, 3.8) is 0 Å². The molecule has 1 aromatic carbocycles. The molecule has 1 spiro atoms. The summed E-state index contributed by atoms with van der Waals surface area (Å²) in [7, 11) is 0. The highest BCUT2D eigenvalue weighted by molar-refractivity contribution is 7.71. The number of aromatic amines is 2. The monoisotopic (exact) mass is 330 g/mol. The van der Waals surface area contributed by atoms with Gasteiger partial charge in [0.2, 0.25) is 5.88 Å². The van der Waals surface area contributed by atoms with Crippen LogP contribution in [0.5, 0.6) is 5.88 Å². The van der Waals surface area contributed by atoms with E-state index in [1.165, 1.54) is 11.1 Å². The average Bonchev–Trinajstić information content (AvgIpc) is 2.57. The Hall–Kier alpha value is -1.88. The van der Waals surface area contributed by atoms with Gasteiger partial charge in [-0.05, 0) is 55.4 Å². The first-order chi connectivity index (χ1) is 11.2. The van der Waals surface area contributed by atoms with Gasteiger partial charge in [0.15, 0.2) is 4.77 Å². The third-order valence-corrected chi connectivity index (χ3v) is 4.82. The molecule has 1 unspecified atom stereocenters. The summed E-state index contributed by atoms with van der Waals surface area (Å²) < 4.78 is 6.63. The molecule has 0 fully saturated rings. The van der Waals surface area contributed by atoms with Crippen molar-refractivity contribution >= 4 is 12.2 Å². The number of H-pyrrole nitrogens is 2. The molecule has 0 bridgehead atoms. The summed E-state index contributed by atoms with van der Waals surface area (Å²) in [5.41, 5.74) is 2.86. The van der Waals surface area contributed by atoms with Crippen LogP contribution in [0, 0.1) is 4.77 Å². The fraction of sp³-hybridized carbons (Fsp3) is 0.444. The van der Waals surface area contributed by atoms with Crippen LogP contribution in [0.4, 0.5) is 0 Å². The highest BCUT2D eigenvalue weighted by Gasteiger charge is 2.42. The molecule has 1 atom stereocenters. The minimum Gasteiger partial charge on any atom is -0.467 e. The zero-order valence-corrected chi connectivity index (χ0v) is 14.4. The number of hydrogen-bond acceptors (Lipinski definition) is 3. The maximum atomic E-state index is 12.0. The number of ether oxygens (including phenoxy) is 1. The van der Waals surface area contributed by atoms with Crippen molar-refractivity contribution in [2.24, 2.45) is 0 Å². The van der Waals surface area contributed by atoms with Crippen LogP contribution in [0.3, 0.4) is 0 Å². The van der Waals surface area contributed by atoms with Gasteiger partial charge in [-0.2, -0.15) is 0 Å². The SMILES string of the molecule is CC.O=c1[nH]c(=S)[nH]c2c1CCC1(CCCc3ccccc31)O2. The first kappa shape index (κ1) is 16.0. The summed E-state index contributed by atoms with van der Waals surface area (Å²) in [6.07, 6.45) is 4.74. The van der Waals surface area contributed by atoms with Crippen molar-refractivity contribution in [2.45, 2.75) is 51.6 Å². The summed E-state index contributed by atoms with van der Waals surface area (Å²) >= 11 is 5.06. The minimum atomic E-state index is -0.312. The van der Waals surface area contributed by atoms with Gasteiger partial charge in [0.05, 0.1) is 5.56 Å². The van der Waals surface area contributed by atoms with Gasteiger partial charge in [0, 0.05) is 0 Å². The molecule has 23 heavy (non-hydrogen) atoms. The number of rotatable bonds is 0. The van der Waals surface area contributed by atoms with Crippen LogP contribution in [-0.2, 0) is 18.4 Å². The Bertz CT molecular complexity index is 824. The highest BCUT2D eigenvalue weighted by Crippen LogP contribution is 2.44. The number of benzene rings is 1. The lowest BCUT2D eigenvalue weighted by Gasteiger charge is -2.42. The van der Waals surface area contributed by atoms with Gasteiger partial charge >= 0.3 is 0 Å². The molecular weight excluding hydrogens is 308 g/mol. The summed E-state index contributed by atoms with van der Waals surface area (Å²) in [4.78, 5) is 17.6. The quantitative estimate of drug-likeness (QED) is 0.717. The third-order valence-electron chi connectivity index (χ3n) is 4.61. The molecule has 5 heteroatoms. The first-order valence-corrected chi connectivity index (χ1v) is 8.72. The van der Waals surface area contributed by atoms with Crippen LogP contribution in [0.15, 0.2) is 29.1 Å². The molecule has 0 radical (unpaired) electrons. The van der Waals surface area contributed by atoms with E-state index >= 15 is 0 Å². The summed E-state index contributed by atoms with van der Waals surface area (Å²) in [5, 5.41) is 0. The smallest absolute Gasteiger partial charge is 0.258 e. The number of hydrogen-bond donors (Lipinski definition) is 2. The standard InChI is InChI=1S/C16H16N2O2S.C2H6/c19-13-11-7-9-16(20-14(11)18-15(21)17-13)8-3-5-10-4-1-2-6-12(10)16;1-2/h1-2,4,6H,3,5,7-9H2,(H2,17,18,19,21);1-2H3. The molecule has 1 aromatic heterocycles. The number of fused-ring (bicyclic) bond motifs is 3. The van der Waals surface area contributed by atoms with Crippen LogP contribution in [0.2, 0.25) is 0 Å². The van der Waals surface area contributed by atoms with Crippen LogP contribution in [0.1, 0.15) is 49.8 Å². The Morgan fingerprint density at radius 3 is 2.74 bits per heavy atom. The molecule has 1 aliphatic heterocycles. The largest absolute Gasteiger partial charge is 0.467 e. The average molecular weight is 330 g/mol. The molecule has 1 aliphatic carbocycles. The van der Waals surface area contributed by atoms with Gasteiger partial charge < -0.3 is 9.72 Å². The Labute approximate surface area is 140 Å². The molecule has 2 heterocycles. The predicted molar refractivity (Wildman–Crippen MR) is 93.6 cm³/mol. The van der Waals surface area contributed by atoms with Gasteiger partial charge in [-0.3, -0.25) is 9.78 Å². The fourth-order valence-electron chi connectivity index (χ4n) is 3.63. The van der Waals surface area contributed by atoms with E-state index in [9.17, 15) is 4.79 Å². The van der Waals surface area contributed by atoms with E-state index in [0.29, 0.717) is 22.6 Å². The van der Waals surface area contributed by atoms with Crippen molar-refractivity contribution in [2.75, 3.05) is 0 Å². The van der Waals surface area contributed by atoms with Crippen LogP contribution in [0.25, 0.3) is 0 Å². The second-order valence-corrected chi connectivity index (χ2v) is 6.23. The Balaban J connectivity index is 0.000000753. The van der Waals surface area contributed by atoms with Crippen molar-refractivity contribution < 1.29 is 4.74 Å². The second kappa shape index (κ2) is 6.32. The van der Waals surface area contributed by atoms with E-state index < -0.39 is 0 Å². The molecule has 0 saturated heterocycles. The molecule has 0 amide bonds. The van der Waals surface area contributed by atoms with Gasteiger partial charge in [0.25, 0.3) is 5.56 Å².